The molecule has 2 amide bonds. The molecule has 98 valence electrons. The van der Waals surface area contributed by atoms with E-state index in [1.165, 1.54) is 0 Å². The Hall–Kier alpha value is -1.88. The van der Waals surface area contributed by atoms with Crippen molar-refractivity contribution in [1.29, 1.82) is 0 Å². The summed E-state index contributed by atoms with van der Waals surface area (Å²) in [6.07, 6.45) is 0.979. The van der Waals surface area contributed by atoms with E-state index >= 15 is 0 Å². The van der Waals surface area contributed by atoms with Crippen molar-refractivity contribution in [3.63, 3.8) is 0 Å². The minimum atomic E-state index is -0.357. The third-order valence-electron chi connectivity index (χ3n) is 2.26. The molecule has 1 aromatic carbocycles. The first-order chi connectivity index (χ1) is 8.72. The number of hydrogen-bond acceptors (Lipinski definition) is 3. The zero-order chi connectivity index (χ0) is 13.2. The summed E-state index contributed by atoms with van der Waals surface area (Å²) in [5, 5.41) is 0. The molecule has 0 saturated heterocycles. The van der Waals surface area contributed by atoms with Crippen LogP contribution in [0.5, 0.6) is 0 Å². The van der Waals surface area contributed by atoms with E-state index in [0.29, 0.717) is 19.4 Å². The summed E-state index contributed by atoms with van der Waals surface area (Å²) in [5.41, 5.74) is 5.72. The highest BCUT2D eigenvalue weighted by Gasteiger charge is 2.04. The average molecular weight is 250 g/mol. The third-order valence-corrected chi connectivity index (χ3v) is 2.26. The van der Waals surface area contributed by atoms with Gasteiger partial charge < -0.3 is 4.74 Å². The van der Waals surface area contributed by atoms with Crippen molar-refractivity contribution in [2.75, 3.05) is 13.2 Å². The molecule has 0 bridgehead atoms. The molecule has 0 aliphatic carbocycles. The molecule has 0 unspecified atom stereocenters. The first-order valence-electron chi connectivity index (χ1n) is 5.91. The van der Waals surface area contributed by atoms with Crippen LogP contribution in [0.25, 0.3) is 0 Å². The second kappa shape index (κ2) is 8.25. The molecule has 0 aliphatic heterocycles. The maximum atomic E-state index is 11.4. The molecule has 0 heterocycles. The second-order valence-corrected chi connectivity index (χ2v) is 3.72. The molecule has 0 aliphatic rings. The lowest BCUT2D eigenvalue weighted by Gasteiger charge is -2.07. The Morgan fingerprint density at radius 1 is 1.11 bits per heavy atom. The molecule has 2 N–H and O–H groups in total. The summed E-state index contributed by atoms with van der Waals surface area (Å²) in [4.78, 5) is 22.6. The summed E-state index contributed by atoms with van der Waals surface area (Å²) in [6.45, 7) is 2.22. The van der Waals surface area contributed by atoms with Gasteiger partial charge in [0.2, 0.25) is 5.91 Å². The number of aryl methyl sites for hydroxylation is 1. The van der Waals surface area contributed by atoms with Gasteiger partial charge in [-0.15, -0.1) is 0 Å². The highest BCUT2D eigenvalue weighted by molar-refractivity contribution is 5.82. The molecule has 0 fully saturated rings. The van der Waals surface area contributed by atoms with E-state index in [4.69, 9.17) is 4.74 Å². The number of hydrazine groups is 1. The first kappa shape index (κ1) is 14.2. The van der Waals surface area contributed by atoms with Crippen LogP contribution in [0.3, 0.4) is 0 Å². The Labute approximate surface area is 106 Å². The second-order valence-electron chi connectivity index (χ2n) is 3.72. The van der Waals surface area contributed by atoms with Crippen LogP contribution in [0.1, 0.15) is 18.9 Å². The van der Waals surface area contributed by atoms with Crippen molar-refractivity contribution in [1.82, 2.24) is 10.9 Å². The maximum absolute atomic E-state index is 11.4. The fourth-order valence-corrected chi connectivity index (χ4v) is 1.34. The number of amides is 2. The molecule has 18 heavy (non-hydrogen) atoms. The van der Waals surface area contributed by atoms with Gasteiger partial charge in [0.1, 0.15) is 6.61 Å². The van der Waals surface area contributed by atoms with Gasteiger partial charge in [-0.2, -0.15) is 0 Å². The van der Waals surface area contributed by atoms with Crippen LogP contribution in [-0.2, 0) is 20.7 Å². The SMILES string of the molecule is CCOCC(=O)NNC(=O)CCc1ccccc1. The van der Waals surface area contributed by atoms with Gasteiger partial charge in [-0.3, -0.25) is 20.4 Å². The predicted molar refractivity (Wildman–Crippen MR) is 67.5 cm³/mol. The van der Waals surface area contributed by atoms with Crippen molar-refractivity contribution in [2.45, 2.75) is 19.8 Å². The Bertz CT molecular complexity index is 379. The van der Waals surface area contributed by atoms with Crippen LogP contribution in [0.15, 0.2) is 30.3 Å². The number of nitrogens with one attached hydrogen (secondary N) is 2. The third kappa shape index (κ3) is 6.00. The van der Waals surface area contributed by atoms with Crippen molar-refractivity contribution >= 4 is 11.8 Å². The average Bonchev–Trinajstić information content (AvgIpc) is 2.41. The number of benzene rings is 1. The minimum absolute atomic E-state index is 0.0462. The highest BCUT2D eigenvalue weighted by atomic mass is 16.5. The first-order valence-corrected chi connectivity index (χ1v) is 5.91. The van der Waals surface area contributed by atoms with Gasteiger partial charge in [0.05, 0.1) is 0 Å². The number of hydrogen-bond donors (Lipinski definition) is 2. The largest absolute Gasteiger partial charge is 0.372 e. The van der Waals surface area contributed by atoms with Gasteiger partial charge in [0, 0.05) is 13.0 Å². The van der Waals surface area contributed by atoms with E-state index in [-0.39, 0.29) is 18.4 Å². The lowest BCUT2D eigenvalue weighted by atomic mass is 10.1. The summed E-state index contributed by atoms with van der Waals surface area (Å²) in [5.74, 6) is -0.575. The number of carbonyl (C=O) groups excluding carboxylic acids is 2. The zero-order valence-electron chi connectivity index (χ0n) is 10.4. The van der Waals surface area contributed by atoms with Crippen LogP contribution >= 0.6 is 0 Å². The summed E-state index contributed by atoms with van der Waals surface area (Å²) < 4.78 is 4.89. The molecular weight excluding hydrogens is 232 g/mol. The number of carbonyl (C=O) groups is 2. The van der Waals surface area contributed by atoms with Gasteiger partial charge in [-0.25, -0.2) is 0 Å². The quantitative estimate of drug-likeness (QED) is 0.734. The topological polar surface area (TPSA) is 67.4 Å². The Kier molecular flexibility index (Phi) is 6.50. The standard InChI is InChI=1S/C13H18N2O3/c1-2-18-10-13(17)15-14-12(16)9-8-11-6-4-3-5-7-11/h3-7H,2,8-10H2,1H3,(H,14,16)(H,15,17). The Balaban J connectivity index is 2.16. The van der Waals surface area contributed by atoms with Crippen molar-refractivity contribution in [3.8, 4) is 0 Å². The Morgan fingerprint density at radius 2 is 1.78 bits per heavy atom. The molecule has 0 atom stereocenters. The molecule has 0 radical (unpaired) electrons. The van der Waals surface area contributed by atoms with E-state index in [1.54, 1.807) is 6.92 Å². The molecule has 1 rings (SSSR count). The van der Waals surface area contributed by atoms with Crippen molar-refractivity contribution < 1.29 is 14.3 Å². The van der Waals surface area contributed by atoms with E-state index in [1.807, 2.05) is 30.3 Å². The number of rotatable bonds is 6. The molecule has 5 heteroatoms. The lowest BCUT2D eigenvalue weighted by Crippen LogP contribution is -2.43. The van der Waals surface area contributed by atoms with Crippen molar-refractivity contribution in [3.05, 3.63) is 35.9 Å². The predicted octanol–water partition coefficient (Wildman–Crippen LogP) is 0.803. The number of ether oxygens (including phenoxy) is 1. The zero-order valence-corrected chi connectivity index (χ0v) is 10.4. The fraction of sp³-hybridized carbons (Fsp3) is 0.385. The van der Waals surface area contributed by atoms with Crippen molar-refractivity contribution in [2.24, 2.45) is 0 Å². The van der Waals surface area contributed by atoms with Gasteiger partial charge in [0.25, 0.3) is 5.91 Å². The summed E-state index contributed by atoms with van der Waals surface area (Å²) >= 11 is 0. The smallest absolute Gasteiger partial charge is 0.264 e. The molecule has 1 aromatic rings. The van der Waals surface area contributed by atoms with E-state index in [2.05, 4.69) is 10.9 Å². The van der Waals surface area contributed by atoms with E-state index in [0.717, 1.165) is 5.56 Å². The van der Waals surface area contributed by atoms with Gasteiger partial charge in [0.15, 0.2) is 0 Å². The molecule has 0 aromatic heterocycles. The normalized spacial score (nSPS) is 9.83. The summed E-state index contributed by atoms with van der Waals surface area (Å²) in [6, 6.07) is 9.70. The van der Waals surface area contributed by atoms with E-state index < -0.39 is 0 Å². The van der Waals surface area contributed by atoms with Crippen LogP contribution in [-0.4, -0.2) is 25.0 Å². The van der Waals surface area contributed by atoms with Crippen LogP contribution in [0.2, 0.25) is 0 Å². The van der Waals surface area contributed by atoms with Crippen LogP contribution in [0, 0.1) is 0 Å². The lowest BCUT2D eigenvalue weighted by molar-refractivity contribution is -0.131. The molecule has 0 spiro atoms. The van der Waals surface area contributed by atoms with Gasteiger partial charge >= 0.3 is 0 Å². The highest BCUT2D eigenvalue weighted by Crippen LogP contribution is 2.01. The van der Waals surface area contributed by atoms with Crippen LogP contribution in [0.4, 0.5) is 0 Å². The van der Waals surface area contributed by atoms with Crippen LogP contribution < -0.4 is 10.9 Å². The van der Waals surface area contributed by atoms with Gasteiger partial charge in [-0.05, 0) is 18.9 Å². The molecule has 5 nitrogen and oxygen atoms in total. The van der Waals surface area contributed by atoms with Gasteiger partial charge in [-0.1, -0.05) is 30.3 Å². The fourth-order valence-electron chi connectivity index (χ4n) is 1.34. The minimum Gasteiger partial charge on any atom is -0.372 e. The molecular formula is C13H18N2O3. The maximum Gasteiger partial charge on any atom is 0.264 e. The Morgan fingerprint density at radius 3 is 2.44 bits per heavy atom. The monoisotopic (exact) mass is 250 g/mol. The van der Waals surface area contributed by atoms with E-state index in [9.17, 15) is 9.59 Å². The molecule has 0 saturated carbocycles. The summed E-state index contributed by atoms with van der Waals surface area (Å²) in [7, 11) is 0.